The summed E-state index contributed by atoms with van der Waals surface area (Å²) in [6, 6.07) is 13.3. The van der Waals surface area contributed by atoms with E-state index in [2.05, 4.69) is 5.32 Å². The summed E-state index contributed by atoms with van der Waals surface area (Å²) in [5.41, 5.74) is 1.87. The van der Waals surface area contributed by atoms with Crippen molar-refractivity contribution in [2.45, 2.75) is 39.5 Å². The molecular formula is C20H26ClNO3. The molecule has 25 heavy (non-hydrogen) atoms. The first-order chi connectivity index (χ1) is 12.1. The van der Waals surface area contributed by atoms with Gasteiger partial charge in [-0.15, -0.1) is 0 Å². The van der Waals surface area contributed by atoms with Crippen molar-refractivity contribution >= 4 is 11.6 Å². The van der Waals surface area contributed by atoms with Gasteiger partial charge in [0.05, 0.1) is 24.3 Å². The molecule has 2 rings (SSSR count). The van der Waals surface area contributed by atoms with Crippen LogP contribution >= 0.6 is 11.6 Å². The Morgan fingerprint density at radius 1 is 1.08 bits per heavy atom. The second-order valence-electron chi connectivity index (χ2n) is 5.80. The smallest absolute Gasteiger partial charge is 0.179 e. The average Bonchev–Trinajstić information content (AvgIpc) is 2.63. The third kappa shape index (κ3) is 5.36. The Kier molecular flexibility index (Phi) is 7.56. The van der Waals surface area contributed by atoms with Crippen LogP contribution < -0.4 is 14.8 Å². The second-order valence-corrected chi connectivity index (χ2v) is 6.20. The van der Waals surface area contributed by atoms with Crippen molar-refractivity contribution in [3.05, 3.63) is 58.6 Å². The van der Waals surface area contributed by atoms with E-state index < -0.39 is 6.10 Å². The molecule has 0 radical (unpaired) electrons. The lowest BCUT2D eigenvalue weighted by molar-refractivity contribution is 0.135. The zero-order valence-electron chi connectivity index (χ0n) is 15.0. The van der Waals surface area contributed by atoms with Crippen LogP contribution in [0.1, 0.15) is 38.0 Å². The number of benzene rings is 2. The summed E-state index contributed by atoms with van der Waals surface area (Å²) in [7, 11) is 0. The van der Waals surface area contributed by atoms with Crippen molar-refractivity contribution in [2.75, 3.05) is 13.2 Å². The summed E-state index contributed by atoms with van der Waals surface area (Å²) in [6.07, 6.45) is -0.578. The fourth-order valence-corrected chi connectivity index (χ4v) is 2.89. The molecular weight excluding hydrogens is 338 g/mol. The van der Waals surface area contributed by atoms with Gasteiger partial charge in [-0.3, -0.25) is 0 Å². The van der Waals surface area contributed by atoms with E-state index in [4.69, 9.17) is 21.1 Å². The molecule has 0 heterocycles. The number of rotatable bonds is 9. The molecule has 0 aliphatic heterocycles. The Bertz CT molecular complexity index is 663. The molecule has 0 aromatic heterocycles. The predicted molar refractivity (Wildman–Crippen MR) is 101 cm³/mol. The fraction of sp³-hybridized carbons (Fsp3) is 0.400. The minimum absolute atomic E-state index is 0.108. The normalized spacial score (nSPS) is 13.3. The van der Waals surface area contributed by atoms with Gasteiger partial charge in [0.25, 0.3) is 0 Å². The largest absolute Gasteiger partial charge is 0.490 e. The van der Waals surface area contributed by atoms with E-state index >= 15 is 0 Å². The van der Waals surface area contributed by atoms with Gasteiger partial charge in [-0.1, -0.05) is 41.9 Å². The molecule has 0 unspecified atom stereocenters. The highest BCUT2D eigenvalue weighted by molar-refractivity contribution is 6.32. The lowest BCUT2D eigenvalue weighted by Gasteiger charge is -2.21. The molecule has 2 N–H and O–H groups in total. The van der Waals surface area contributed by atoms with Crippen LogP contribution in [0.25, 0.3) is 0 Å². The van der Waals surface area contributed by atoms with Crippen LogP contribution in [-0.2, 0) is 6.54 Å². The van der Waals surface area contributed by atoms with Gasteiger partial charge in [-0.05, 0) is 44.0 Å². The molecule has 0 bridgehead atoms. The zero-order valence-corrected chi connectivity index (χ0v) is 15.7. The molecule has 5 heteroatoms. The predicted octanol–water partition coefficient (Wildman–Crippen LogP) is 4.35. The maximum absolute atomic E-state index is 10.4. The van der Waals surface area contributed by atoms with Crippen LogP contribution in [0.3, 0.4) is 0 Å². The highest BCUT2D eigenvalue weighted by Crippen LogP contribution is 2.36. The van der Waals surface area contributed by atoms with Crippen molar-refractivity contribution in [2.24, 2.45) is 0 Å². The number of nitrogens with one attached hydrogen (secondary N) is 1. The van der Waals surface area contributed by atoms with Gasteiger partial charge in [0, 0.05) is 12.6 Å². The van der Waals surface area contributed by atoms with Crippen LogP contribution in [-0.4, -0.2) is 24.4 Å². The SMILES string of the molecule is CCOc1cc(CN[C@@H](C)[C@@H](O)c2ccccc2)cc(Cl)c1OCC. The lowest BCUT2D eigenvalue weighted by Crippen LogP contribution is -2.31. The van der Waals surface area contributed by atoms with Crippen LogP contribution in [0.2, 0.25) is 5.02 Å². The Morgan fingerprint density at radius 2 is 1.76 bits per heavy atom. The Labute approximate surface area is 154 Å². The molecule has 0 amide bonds. The lowest BCUT2D eigenvalue weighted by atomic mass is 10.0. The van der Waals surface area contributed by atoms with Gasteiger partial charge in [0.15, 0.2) is 11.5 Å². The molecule has 0 aliphatic carbocycles. The summed E-state index contributed by atoms with van der Waals surface area (Å²) < 4.78 is 11.2. The van der Waals surface area contributed by atoms with Gasteiger partial charge in [-0.2, -0.15) is 0 Å². The van der Waals surface area contributed by atoms with Crippen molar-refractivity contribution < 1.29 is 14.6 Å². The topological polar surface area (TPSA) is 50.7 Å². The van der Waals surface area contributed by atoms with Crippen LogP contribution in [0.4, 0.5) is 0 Å². The first-order valence-corrected chi connectivity index (χ1v) is 8.99. The first kappa shape index (κ1) is 19.6. The monoisotopic (exact) mass is 363 g/mol. The quantitative estimate of drug-likeness (QED) is 0.695. The van der Waals surface area contributed by atoms with Crippen molar-refractivity contribution in [1.29, 1.82) is 0 Å². The highest BCUT2D eigenvalue weighted by atomic mass is 35.5. The summed E-state index contributed by atoms with van der Waals surface area (Å²) in [4.78, 5) is 0. The van der Waals surface area contributed by atoms with Gasteiger partial charge in [0.2, 0.25) is 0 Å². The van der Waals surface area contributed by atoms with Gasteiger partial charge < -0.3 is 19.9 Å². The molecule has 0 saturated heterocycles. The molecule has 4 nitrogen and oxygen atoms in total. The van der Waals surface area contributed by atoms with E-state index in [9.17, 15) is 5.11 Å². The first-order valence-electron chi connectivity index (χ1n) is 8.61. The standard InChI is InChI=1S/C20H26ClNO3/c1-4-24-18-12-15(11-17(21)20(18)25-5-2)13-22-14(3)19(23)16-9-7-6-8-10-16/h6-12,14,19,22-23H,4-5,13H2,1-3H3/t14-,19+/m0/s1. The highest BCUT2D eigenvalue weighted by Gasteiger charge is 2.17. The van der Waals surface area contributed by atoms with E-state index in [0.29, 0.717) is 36.3 Å². The molecule has 0 aliphatic rings. The molecule has 0 saturated carbocycles. The van der Waals surface area contributed by atoms with Crippen LogP contribution in [0.5, 0.6) is 11.5 Å². The molecule has 2 atom stereocenters. The fourth-order valence-electron chi connectivity index (χ4n) is 2.60. The molecule has 2 aromatic carbocycles. The van der Waals surface area contributed by atoms with Gasteiger partial charge in [0.1, 0.15) is 0 Å². The van der Waals surface area contributed by atoms with Gasteiger partial charge >= 0.3 is 0 Å². The second kappa shape index (κ2) is 9.66. The van der Waals surface area contributed by atoms with E-state index in [-0.39, 0.29) is 6.04 Å². The maximum Gasteiger partial charge on any atom is 0.179 e. The third-order valence-corrected chi connectivity index (χ3v) is 4.18. The summed E-state index contributed by atoms with van der Waals surface area (Å²) in [5.74, 6) is 1.22. The number of aliphatic hydroxyl groups is 1. The van der Waals surface area contributed by atoms with Crippen LogP contribution in [0, 0.1) is 0 Å². The molecule has 2 aromatic rings. The summed E-state index contributed by atoms with van der Waals surface area (Å²) >= 11 is 6.34. The van der Waals surface area contributed by atoms with Gasteiger partial charge in [-0.25, -0.2) is 0 Å². The number of ether oxygens (including phenoxy) is 2. The van der Waals surface area contributed by atoms with E-state index in [1.54, 1.807) is 0 Å². The Hall–Kier alpha value is -1.75. The summed E-state index contributed by atoms with van der Waals surface area (Å²) in [5, 5.41) is 14.3. The van der Waals surface area contributed by atoms with Crippen molar-refractivity contribution in [1.82, 2.24) is 5.32 Å². The molecule has 0 fully saturated rings. The van der Waals surface area contributed by atoms with Crippen molar-refractivity contribution in [3.8, 4) is 11.5 Å². The molecule has 136 valence electrons. The van der Waals surface area contributed by atoms with E-state index in [1.165, 1.54) is 0 Å². The van der Waals surface area contributed by atoms with Crippen molar-refractivity contribution in [3.63, 3.8) is 0 Å². The van der Waals surface area contributed by atoms with E-state index in [0.717, 1.165) is 11.1 Å². The number of aliphatic hydroxyl groups excluding tert-OH is 1. The third-order valence-electron chi connectivity index (χ3n) is 3.90. The summed E-state index contributed by atoms with van der Waals surface area (Å²) in [6.45, 7) is 7.42. The number of hydrogen-bond acceptors (Lipinski definition) is 4. The number of hydrogen-bond donors (Lipinski definition) is 2. The van der Waals surface area contributed by atoms with E-state index in [1.807, 2.05) is 63.2 Å². The van der Waals surface area contributed by atoms with Crippen LogP contribution in [0.15, 0.2) is 42.5 Å². The molecule has 0 spiro atoms. The number of halogens is 1. The Balaban J connectivity index is 2.07. The Morgan fingerprint density at radius 3 is 2.40 bits per heavy atom. The zero-order chi connectivity index (χ0) is 18.2. The average molecular weight is 364 g/mol. The maximum atomic E-state index is 10.4. The minimum Gasteiger partial charge on any atom is -0.490 e. The minimum atomic E-state index is -0.578.